The van der Waals surface area contributed by atoms with Gasteiger partial charge in [-0.3, -0.25) is 0 Å². The first-order chi connectivity index (χ1) is 13.3. The van der Waals surface area contributed by atoms with Crippen molar-refractivity contribution >= 4 is 28.7 Å². The van der Waals surface area contributed by atoms with Crippen molar-refractivity contribution in [3.8, 4) is 5.75 Å². The van der Waals surface area contributed by atoms with Crippen molar-refractivity contribution in [1.82, 2.24) is 5.01 Å². The Labute approximate surface area is 163 Å². The van der Waals surface area contributed by atoms with Gasteiger partial charge >= 0.3 is 0 Å². The Hall–Kier alpha value is -3.12. The van der Waals surface area contributed by atoms with Gasteiger partial charge in [-0.2, -0.15) is 5.10 Å². The molecule has 1 N–H and O–H groups in total. The first-order valence-electron chi connectivity index (χ1n) is 8.66. The van der Waals surface area contributed by atoms with E-state index in [0.717, 1.165) is 28.5 Å². The van der Waals surface area contributed by atoms with Gasteiger partial charge in [-0.25, -0.2) is 5.01 Å². The smallest absolute Gasteiger partial charge is 0.194 e. The molecular weight excluding hydrogens is 358 g/mol. The fraction of sp³-hybridized carbons (Fsp3) is 0.143. The van der Waals surface area contributed by atoms with Crippen LogP contribution in [0.3, 0.4) is 0 Å². The van der Waals surface area contributed by atoms with Crippen LogP contribution in [0.15, 0.2) is 82.5 Å². The molecule has 6 heteroatoms. The minimum absolute atomic E-state index is 0.0787. The van der Waals surface area contributed by atoms with Crippen LogP contribution in [-0.2, 0) is 0 Å². The van der Waals surface area contributed by atoms with Crippen molar-refractivity contribution in [3.05, 3.63) is 84.3 Å². The first kappa shape index (κ1) is 17.3. The summed E-state index contributed by atoms with van der Waals surface area (Å²) < 4.78 is 11.1. The number of anilines is 1. The van der Waals surface area contributed by atoms with E-state index in [2.05, 4.69) is 5.32 Å². The van der Waals surface area contributed by atoms with Gasteiger partial charge < -0.3 is 14.5 Å². The number of methoxy groups -OCH3 is 1. The van der Waals surface area contributed by atoms with E-state index in [1.165, 1.54) is 0 Å². The van der Waals surface area contributed by atoms with Crippen LogP contribution in [0.25, 0.3) is 0 Å². The Morgan fingerprint density at radius 1 is 1.11 bits per heavy atom. The molecule has 0 fully saturated rings. The van der Waals surface area contributed by atoms with E-state index in [1.54, 1.807) is 13.4 Å². The van der Waals surface area contributed by atoms with Gasteiger partial charge in [0.1, 0.15) is 17.2 Å². The number of hydrazone groups is 1. The topological polar surface area (TPSA) is 50.0 Å². The third-order valence-corrected chi connectivity index (χ3v) is 4.74. The second kappa shape index (κ2) is 7.63. The van der Waals surface area contributed by atoms with Crippen molar-refractivity contribution < 1.29 is 9.15 Å². The molecular formula is C21H19N3O2S. The molecule has 2 aromatic carbocycles. The lowest BCUT2D eigenvalue weighted by molar-refractivity contribution is 0.350. The fourth-order valence-corrected chi connectivity index (χ4v) is 3.46. The number of hydrogen-bond acceptors (Lipinski definition) is 4. The van der Waals surface area contributed by atoms with E-state index in [9.17, 15) is 0 Å². The molecule has 4 rings (SSSR count). The summed E-state index contributed by atoms with van der Waals surface area (Å²) >= 11 is 5.67. The average Bonchev–Trinajstić information content (AvgIpc) is 3.38. The minimum atomic E-state index is -0.0787. The number of rotatable bonds is 4. The lowest BCUT2D eigenvalue weighted by atomic mass is 10.00. The van der Waals surface area contributed by atoms with E-state index in [-0.39, 0.29) is 6.04 Å². The number of nitrogens with one attached hydrogen (secondary N) is 1. The molecule has 0 aliphatic carbocycles. The number of ether oxygens (including phenoxy) is 1. The molecule has 27 heavy (non-hydrogen) atoms. The standard InChI is InChI=1S/C21H19N3O2S/c1-25-19-11-6-5-10-16(19)18-14-17(20-12-7-13-26-20)23-24(18)21(27)22-15-8-3-2-4-9-15/h2-13,18H,14H2,1H3,(H,22,27). The van der Waals surface area contributed by atoms with E-state index < -0.39 is 0 Å². The zero-order valence-electron chi connectivity index (χ0n) is 14.8. The highest BCUT2D eigenvalue weighted by Gasteiger charge is 2.34. The van der Waals surface area contributed by atoms with Crippen LogP contribution in [0.1, 0.15) is 23.8 Å². The van der Waals surface area contributed by atoms with Crippen molar-refractivity contribution in [2.24, 2.45) is 5.10 Å². The predicted octanol–water partition coefficient (Wildman–Crippen LogP) is 4.84. The highest BCUT2D eigenvalue weighted by molar-refractivity contribution is 7.80. The normalized spacial score (nSPS) is 16.1. The van der Waals surface area contributed by atoms with Crippen LogP contribution in [0.4, 0.5) is 5.69 Å². The zero-order chi connectivity index (χ0) is 18.6. The Bertz CT molecular complexity index is 955. The number of benzene rings is 2. The summed E-state index contributed by atoms with van der Waals surface area (Å²) in [4.78, 5) is 0. The van der Waals surface area contributed by atoms with Crippen molar-refractivity contribution in [3.63, 3.8) is 0 Å². The molecule has 1 aliphatic rings. The van der Waals surface area contributed by atoms with Gasteiger partial charge in [0.2, 0.25) is 0 Å². The molecule has 0 bridgehead atoms. The molecule has 5 nitrogen and oxygen atoms in total. The van der Waals surface area contributed by atoms with E-state index in [0.29, 0.717) is 11.5 Å². The summed E-state index contributed by atoms with van der Waals surface area (Å²) in [5.41, 5.74) is 2.80. The first-order valence-corrected chi connectivity index (χ1v) is 9.06. The minimum Gasteiger partial charge on any atom is -0.496 e. The molecule has 2 heterocycles. The Balaban J connectivity index is 1.68. The van der Waals surface area contributed by atoms with Crippen LogP contribution in [0, 0.1) is 0 Å². The van der Waals surface area contributed by atoms with Crippen LogP contribution >= 0.6 is 12.2 Å². The molecule has 1 atom stereocenters. The maximum atomic E-state index is 5.67. The van der Waals surface area contributed by atoms with Gasteiger partial charge in [0.25, 0.3) is 0 Å². The molecule has 0 amide bonds. The van der Waals surface area contributed by atoms with E-state index in [1.807, 2.05) is 71.7 Å². The largest absolute Gasteiger partial charge is 0.496 e. The maximum Gasteiger partial charge on any atom is 0.194 e. The maximum absolute atomic E-state index is 5.67. The summed E-state index contributed by atoms with van der Waals surface area (Å²) in [7, 11) is 1.67. The molecule has 136 valence electrons. The second-order valence-corrected chi connectivity index (χ2v) is 6.51. The molecule has 0 spiro atoms. The van der Waals surface area contributed by atoms with Gasteiger partial charge in [0, 0.05) is 17.7 Å². The third-order valence-electron chi connectivity index (χ3n) is 4.45. The highest BCUT2D eigenvalue weighted by atomic mass is 32.1. The molecule has 1 aliphatic heterocycles. The molecule has 3 aromatic rings. The fourth-order valence-electron chi connectivity index (χ4n) is 3.18. The number of furan rings is 1. The number of para-hydroxylation sites is 2. The van der Waals surface area contributed by atoms with E-state index in [4.69, 9.17) is 26.5 Å². The zero-order valence-corrected chi connectivity index (χ0v) is 15.6. The van der Waals surface area contributed by atoms with Crippen LogP contribution in [-0.4, -0.2) is 22.9 Å². The average molecular weight is 377 g/mol. The Morgan fingerprint density at radius 3 is 2.63 bits per heavy atom. The van der Waals surface area contributed by atoms with Crippen LogP contribution < -0.4 is 10.1 Å². The third kappa shape index (κ3) is 3.57. The van der Waals surface area contributed by atoms with Crippen molar-refractivity contribution in [2.75, 3.05) is 12.4 Å². The summed E-state index contributed by atoms with van der Waals surface area (Å²) in [5, 5.41) is 10.4. The molecule has 1 aromatic heterocycles. The van der Waals surface area contributed by atoms with Crippen LogP contribution in [0.5, 0.6) is 5.75 Å². The van der Waals surface area contributed by atoms with Gasteiger partial charge in [-0.15, -0.1) is 0 Å². The van der Waals surface area contributed by atoms with Gasteiger partial charge in [0.15, 0.2) is 5.11 Å². The number of thiocarbonyl (C=S) groups is 1. The highest BCUT2D eigenvalue weighted by Crippen LogP contribution is 2.37. The lowest BCUT2D eigenvalue weighted by Gasteiger charge is -2.26. The quantitative estimate of drug-likeness (QED) is 0.660. The van der Waals surface area contributed by atoms with Gasteiger partial charge in [-0.05, 0) is 42.5 Å². The monoisotopic (exact) mass is 377 g/mol. The predicted molar refractivity (Wildman–Crippen MR) is 110 cm³/mol. The number of nitrogens with zero attached hydrogens (tertiary/aromatic N) is 2. The SMILES string of the molecule is COc1ccccc1C1CC(c2ccco2)=NN1C(=S)Nc1ccccc1. The van der Waals surface area contributed by atoms with Crippen LogP contribution in [0.2, 0.25) is 0 Å². The number of hydrogen-bond donors (Lipinski definition) is 1. The molecule has 0 radical (unpaired) electrons. The molecule has 1 unspecified atom stereocenters. The summed E-state index contributed by atoms with van der Waals surface area (Å²) in [6.45, 7) is 0. The summed E-state index contributed by atoms with van der Waals surface area (Å²) in [5.74, 6) is 1.56. The lowest BCUT2D eigenvalue weighted by Crippen LogP contribution is -2.31. The van der Waals surface area contributed by atoms with Gasteiger partial charge in [0.05, 0.1) is 19.4 Å². The summed E-state index contributed by atoms with van der Waals surface area (Å²) in [6, 6.07) is 21.5. The summed E-state index contributed by atoms with van der Waals surface area (Å²) in [6.07, 6.45) is 2.32. The second-order valence-electron chi connectivity index (χ2n) is 6.13. The Kier molecular flexibility index (Phi) is 4.89. The Morgan fingerprint density at radius 2 is 1.89 bits per heavy atom. The van der Waals surface area contributed by atoms with E-state index >= 15 is 0 Å². The van der Waals surface area contributed by atoms with Crippen molar-refractivity contribution in [2.45, 2.75) is 12.5 Å². The molecule has 0 saturated carbocycles. The molecule has 0 saturated heterocycles. The van der Waals surface area contributed by atoms with Gasteiger partial charge in [-0.1, -0.05) is 36.4 Å². The van der Waals surface area contributed by atoms with Crippen molar-refractivity contribution in [1.29, 1.82) is 0 Å².